The normalized spacial score (nSPS) is 16.7. The highest BCUT2D eigenvalue weighted by molar-refractivity contribution is 8.15. The molecule has 0 atom stereocenters. The second-order valence-corrected chi connectivity index (χ2v) is 8.49. The molecule has 106 valence electrons. The summed E-state index contributed by atoms with van der Waals surface area (Å²) in [7, 11) is 1.49. The molecule has 0 radical (unpaired) electrons. The van der Waals surface area contributed by atoms with Crippen molar-refractivity contribution in [2.75, 3.05) is 5.32 Å². The summed E-state index contributed by atoms with van der Waals surface area (Å²) < 4.78 is 22.5. The van der Waals surface area contributed by atoms with Crippen molar-refractivity contribution in [2.24, 2.45) is 5.92 Å². The minimum Gasteiger partial charge on any atom is -0.302 e. The van der Waals surface area contributed by atoms with Gasteiger partial charge in [-0.15, -0.1) is 0 Å². The van der Waals surface area contributed by atoms with E-state index in [-0.39, 0.29) is 10.1 Å². The second-order valence-electron chi connectivity index (χ2n) is 4.73. The van der Waals surface area contributed by atoms with Crippen LogP contribution in [0.5, 0.6) is 0 Å². The van der Waals surface area contributed by atoms with Gasteiger partial charge < -0.3 is 5.32 Å². The van der Waals surface area contributed by atoms with Crippen molar-refractivity contribution < 1.29 is 13.2 Å². The summed E-state index contributed by atoms with van der Waals surface area (Å²) in [5.74, 6) is 0.330. The number of aryl methyl sites for hydroxylation is 1. The molecule has 5 nitrogen and oxygen atoms in total. The Kier molecular flexibility index (Phi) is 4.47. The second kappa shape index (κ2) is 5.76. The fraction of sp³-hybridized carbons (Fsp3) is 0.636. The molecule has 0 unspecified atom stereocenters. The molecule has 1 aromatic rings. The molecule has 1 amide bonds. The van der Waals surface area contributed by atoms with E-state index in [9.17, 15) is 13.2 Å². The van der Waals surface area contributed by atoms with Crippen molar-refractivity contribution in [1.82, 2.24) is 4.98 Å². The Labute approximate surface area is 120 Å². The predicted octanol–water partition coefficient (Wildman–Crippen LogP) is 2.90. The first-order chi connectivity index (χ1) is 8.86. The molecule has 1 fully saturated rings. The summed E-state index contributed by atoms with van der Waals surface area (Å²) in [6.07, 6.45) is 5.02. The summed E-state index contributed by atoms with van der Waals surface area (Å²) in [5, 5.41) is 2.94. The number of hydrogen-bond acceptors (Lipinski definition) is 5. The maximum absolute atomic E-state index is 11.8. The number of carbonyl (C=O) groups is 1. The third-order valence-electron chi connectivity index (χ3n) is 3.17. The quantitative estimate of drug-likeness (QED) is 0.865. The molecule has 0 aliphatic heterocycles. The average molecular weight is 323 g/mol. The number of amides is 1. The number of nitrogens with one attached hydrogen (secondary N) is 1. The Morgan fingerprint density at radius 2 is 2.11 bits per heavy atom. The Balaban J connectivity index is 2.01. The number of nitrogens with zero attached hydrogens (tertiary/aromatic N) is 1. The first kappa shape index (κ1) is 14.7. The summed E-state index contributed by atoms with van der Waals surface area (Å²) in [4.78, 5) is 15.8. The number of rotatable bonds is 4. The maximum Gasteiger partial charge on any atom is 0.272 e. The molecule has 1 aliphatic rings. The van der Waals surface area contributed by atoms with E-state index >= 15 is 0 Å². The van der Waals surface area contributed by atoms with Crippen molar-refractivity contribution in [1.29, 1.82) is 0 Å². The highest BCUT2D eigenvalue weighted by Gasteiger charge is 2.22. The third kappa shape index (κ3) is 3.90. The lowest BCUT2D eigenvalue weighted by Gasteiger charge is -2.07. The molecule has 1 aliphatic carbocycles. The van der Waals surface area contributed by atoms with E-state index in [1.165, 1.54) is 12.8 Å². The van der Waals surface area contributed by atoms with Gasteiger partial charge in [0.15, 0.2) is 9.34 Å². The van der Waals surface area contributed by atoms with Crippen LogP contribution in [0.4, 0.5) is 5.13 Å². The lowest BCUT2D eigenvalue weighted by atomic mass is 10.0. The zero-order valence-electron chi connectivity index (χ0n) is 10.5. The van der Waals surface area contributed by atoms with Crippen molar-refractivity contribution in [3.05, 3.63) is 5.69 Å². The van der Waals surface area contributed by atoms with Crippen LogP contribution < -0.4 is 5.32 Å². The zero-order valence-corrected chi connectivity index (χ0v) is 12.9. The van der Waals surface area contributed by atoms with Gasteiger partial charge in [-0.3, -0.25) is 4.79 Å². The van der Waals surface area contributed by atoms with E-state index in [0.717, 1.165) is 24.2 Å². The SMILES string of the molecule is Cc1nc(NC(=O)CC2CCCC2)sc1S(=O)(=O)Cl. The van der Waals surface area contributed by atoms with Crippen molar-refractivity contribution in [3.63, 3.8) is 0 Å². The predicted molar refractivity (Wildman–Crippen MR) is 75.1 cm³/mol. The Morgan fingerprint density at radius 1 is 1.47 bits per heavy atom. The Morgan fingerprint density at radius 3 is 2.63 bits per heavy atom. The van der Waals surface area contributed by atoms with Crippen LogP contribution in [-0.4, -0.2) is 19.3 Å². The van der Waals surface area contributed by atoms with Crippen LogP contribution in [0, 0.1) is 12.8 Å². The molecule has 0 spiro atoms. The van der Waals surface area contributed by atoms with Crippen LogP contribution >= 0.6 is 22.0 Å². The summed E-state index contributed by atoms with van der Waals surface area (Å²) >= 11 is 0.890. The topological polar surface area (TPSA) is 76.1 Å². The van der Waals surface area contributed by atoms with E-state index < -0.39 is 9.05 Å². The molecule has 0 bridgehead atoms. The fourth-order valence-electron chi connectivity index (χ4n) is 2.31. The molecular weight excluding hydrogens is 308 g/mol. The molecule has 0 saturated heterocycles. The molecule has 1 saturated carbocycles. The van der Waals surface area contributed by atoms with Gasteiger partial charge in [0.2, 0.25) is 5.91 Å². The van der Waals surface area contributed by atoms with Gasteiger partial charge >= 0.3 is 0 Å². The zero-order chi connectivity index (χ0) is 14.0. The Bertz CT molecular complexity index is 577. The highest BCUT2D eigenvalue weighted by Crippen LogP contribution is 2.31. The molecule has 2 rings (SSSR count). The minimum absolute atomic E-state index is 0.00895. The first-order valence-electron chi connectivity index (χ1n) is 6.08. The molecule has 8 heteroatoms. The lowest BCUT2D eigenvalue weighted by molar-refractivity contribution is -0.117. The monoisotopic (exact) mass is 322 g/mol. The molecule has 19 heavy (non-hydrogen) atoms. The average Bonchev–Trinajstić information content (AvgIpc) is 2.87. The maximum atomic E-state index is 11.8. The van der Waals surface area contributed by atoms with Gasteiger partial charge in [0.25, 0.3) is 9.05 Å². The van der Waals surface area contributed by atoms with Crippen LogP contribution in [0.1, 0.15) is 37.8 Å². The van der Waals surface area contributed by atoms with Gasteiger partial charge in [-0.05, 0) is 25.7 Å². The lowest BCUT2D eigenvalue weighted by Crippen LogP contribution is -2.14. The first-order valence-corrected chi connectivity index (χ1v) is 9.21. The third-order valence-corrected chi connectivity index (χ3v) is 6.42. The minimum atomic E-state index is -3.79. The summed E-state index contributed by atoms with van der Waals surface area (Å²) in [5.41, 5.74) is 0.316. The van der Waals surface area contributed by atoms with Crippen LogP contribution in [0.15, 0.2) is 4.21 Å². The molecule has 1 aromatic heterocycles. The van der Waals surface area contributed by atoms with E-state index in [0.29, 0.717) is 23.2 Å². The van der Waals surface area contributed by atoms with Gasteiger partial charge in [0, 0.05) is 17.1 Å². The van der Waals surface area contributed by atoms with Crippen molar-refractivity contribution >= 4 is 42.1 Å². The van der Waals surface area contributed by atoms with E-state index in [1.54, 1.807) is 6.92 Å². The Hall–Kier alpha value is -0.660. The van der Waals surface area contributed by atoms with Crippen molar-refractivity contribution in [3.8, 4) is 0 Å². The number of halogens is 1. The number of anilines is 1. The van der Waals surface area contributed by atoms with Crippen molar-refractivity contribution in [2.45, 2.75) is 43.2 Å². The summed E-state index contributed by atoms with van der Waals surface area (Å²) in [6.45, 7) is 1.55. The van der Waals surface area contributed by atoms with Crippen LogP contribution in [0.3, 0.4) is 0 Å². The van der Waals surface area contributed by atoms with E-state index in [2.05, 4.69) is 10.3 Å². The smallest absolute Gasteiger partial charge is 0.272 e. The van der Waals surface area contributed by atoms with Gasteiger partial charge in [-0.25, -0.2) is 13.4 Å². The van der Waals surface area contributed by atoms with Gasteiger partial charge in [0.1, 0.15) is 0 Å². The number of carbonyl (C=O) groups excluding carboxylic acids is 1. The van der Waals surface area contributed by atoms with Gasteiger partial charge in [0.05, 0.1) is 5.69 Å². The van der Waals surface area contributed by atoms with E-state index in [1.807, 2.05) is 0 Å². The number of hydrogen-bond donors (Lipinski definition) is 1. The van der Waals surface area contributed by atoms with E-state index in [4.69, 9.17) is 10.7 Å². The van der Waals surface area contributed by atoms with Crippen LogP contribution in [-0.2, 0) is 13.8 Å². The highest BCUT2D eigenvalue weighted by atomic mass is 35.7. The standard InChI is InChI=1S/C11H15ClN2O3S2/c1-7-10(19(12,16)17)18-11(13-7)14-9(15)6-8-4-2-3-5-8/h8H,2-6H2,1H3,(H,13,14,15). The fourth-order valence-corrected chi connectivity index (χ4v) is 4.68. The molecule has 1 heterocycles. The molecule has 1 N–H and O–H groups in total. The largest absolute Gasteiger partial charge is 0.302 e. The van der Waals surface area contributed by atoms with Gasteiger partial charge in [-0.2, -0.15) is 0 Å². The van der Waals surface area contributed by atoms with Gasteiger partial charge in [-0.1, -0.05) is 24.2 Å². The van der Waals surface area contributed by atoms with Crippen LogP contribution in [0.25, 0.3) is 0 Å². The summed E-state index contributed by atoms with van der Waals surface area (Å²) in [6, 6.07) is 0. The number of aromatic nitrogens is 1. The molecular formula is C11H15ClN2O3S2. The van der Waals surface area contributed by atoms with Crippen LogP contribution in [0.2, 0.25) is 0 Å². The molecule has 0 aromatic carbocycles. The number of thiazole rings is 1.